The molecule has 6 heteroatoms. The predicted molar refractivity (Wildman–Crippen MR) is 108 cm³/mol. The highest BCUT2D eigenvalue weighted by atomic mass is 16.5. The highest BCUT2D eigenvalue weighted by molar-refractivity contribution is 5.96. The van der Waals surface area contributed by atoms with Gasteiger partial charge in [-0.2, -0.15) is 0 Å². The maximum atomic E-state index is 12.2. The number of rotatable bonds is 8. The molecule has 0 radical (unpaired) electrons. The van der Waals surface area contributed by atoms with E-state index in [0.717, 1.165) is 11.3 Å². The second-order valence-corrected chi connectivity index (χ2v) is 6.42. The number of carbonyl (C=O) groups excluding carboxylic acids is 2. The summed E-state index contributed by atoms with van der Waals surface area (Å²) in [6.45, 7) is 6.21. The molecule has 0 saturated heterocycles. The van der Waals surface area contributed by atoms with Crippen LogP contribution in [0.1, 0.15) is 17.3 Å². The van der Waals surface area contributed by atoms with E-state index in [1.807, 2.05) is 31.2 Å². The first-order valence-corrected chi connectivity index (χ1v) is 8.58. The van der Waals surface area contributed by atoms with Crippen molar-refractivity contribution in [3.05, 3.63) is 66.2 Å². The third kappa shape index (κ3) is 6.18. The number of ether oxygens (including phenoxy) is 1. The van der Waals surface area contributed by atoms with Crippen LogP contribution in [0.2, 0.25) is 0 Å². The number of hydrogen-bond donors (Lipinski definition) is 2. The van der Waals surface area contributed by atoms with Gasteiger partial charge in [0.15, 0.2) is 0 Å². The summed E-state index contributed by atoms with van der Waals surface area (Å²) in [5.41, 5.74) is 2.85. The zero-order valence-electron chi connectivity index (χ0n) is 15.9. The largest absolute Gasteiger partial charge is 0.487 e. The van der Waals surface area contributed by atoms with Crippen LogP contribution in [-0.2, 0) is 4.79 Å². The summed E-state index contributed by atoms with van der Waals surface area (Å²) >= 11 is 0. The van der Waals surface area contributed by atoms with E-state index in [4.69, 9.17) is 4.74 Å². The standard InChI is InChI=1S/C21H25N3O3/c1-15(2)14-27-19-8-6-5-7-18(19)22-13-20(25)23-17-11-9-16(10-12-17)21(26)24(3)4/h5-12,22H,1,13-14H2,2-4H3,(H,23,25). The van der Waals surface area contributed by atoms with Crippen molar-refractivity contribution in [2.45, 2.75) is 6.92 Å². The molecule has 0 atom stereocenters. The number of nitrogens with one attached hydrogen (secondary N) is 2. The molecule has 0 bridgehead atoms. The molecule has 2 N–H and O–H groups in total. The van der Waals surface area contributed by atoms with Crippen molar-refractivity contribution in [3.8, 4) is 5.75 Å². The molecule has 0 saturated carbocycles. The van der Waals surface area contributed by atoms with E-state index >= 15 is 0 Å². The average molecular weight is 367 g/mol. The third-order valence-electron chi connectivity index (χ3n) is 3.62. The molecule has 6 nitrogen and oxygen atoms in total. The van der Waals surface area contributed by atoms with Crippen molar-refractivity contribution in [2.24, 2.45) is 0 Å². The Labute approximate surface area is 159 Å². The van der Waals surface area contributed by atoms with Crippen molar-refractivity contribution in [1.82, 2.24) is 4.90 Å². The molecule has 2 rings (SSSR count). The quantitative estimate of drug-likeness (QED) is 0.702. The van der Waals surface area contributed by atoms with Crippen LogP contribution in [0.5, 0.6) is 5.75 Å². The molecule has 2 aromatic rings. The van der Waals surface area contributed by atoms with Crippen molar-refractivity contribution in [1.29, 1.82) is 0 Å². The minimum atomic E-state index is -0.198. The molecule has 2 amide bonds. The van der Waals surface area contributed by atoms with E-state index in [0.29, 0.717) is 23.6 Å². The minimum Gasteiger partial charge on any atom is -0.487 e. The lowest BCUT2D eigenvalue weighted by molar-refractivity contribution is -0.114. The smallest absolute Gasteiger partial charge is 0.253 e. The molecule has 0 aliphatic carbocycles. The Kier molecular flexibility index (Phi) is 7.00. The normalized spacial score (nSPS) is 10.0. The Morgan fingerprint density at radius 1 is 1.07 bits per heavy atom. The average Bonchev–Trinajstić information content (AvgIpc) is 2.65. The topological polar surface area (TPSA) is 70.7 Å². The summed E-state index contributed by atoms with van der Waals surface area (Å²) < 4.78 is 5.67. The van der Waals surface area contributed by atoms with E-state index in [1.165, 1.54) is 4.90 Å². The molecule has 0 aliphatic heterocycles. The number of hydrogen-bond acceptors (Lipinski definition) is 4. The van der Waals surface area contributed by atoms with Gasteiger partial charge < -0.3 is 20.3 Å². The number of amides is 2. The lowest BCUT2D eigenvalue weighted by Gasteiger charge is -2.13. The van der Waals surface area contributed by atoms with Crippen LogP contribution in [0.3, 0.4) is 0 Å². The Morgan fingerprint density at radius 3 is 2.37 bits per heavy atom. The number of anilines is 2. The molecule has 0 fully saturated rings. The van der Waals surface area contributed by atoms with Gasteiger partial charge in [-0.15, -0.1) is 0 Å². The molecule has 27 heavy (non-hydrogen) atoms. The zero-order valence-corrected chi connectivity index (χ0v) is 15.9. The number of nitrogens with zero attached hydrogens (tertiary/aromatic N) is 1. The van der Waals surface area contributed by atoms with Crippen LogP contribution in [0.25, 0.3) is 0 Å². The molecule has 0 aromatic heterocycles. The maximum absolute atomic E-state index is 12.2. The van der Waals surface area contributed by atoms with Gasteiger partial charge in [0.1, 0.15) is 12.4 Å². The zero-order chi connectivity index (χ0) is 19.8. The van der Waals surface area contributed by atoms with Gasteiger partial charge in [0, 0.05) is 25.3 Å². The molecule has 0 aliphatic rings. The van der Waals surface area contributed by atoms with Crippen LogP contribution < -0.4 is 15.4 Å². The first-order valence-electron chi connectivity index (χ1n) is 8.58. The van der Waals surface area contributed by atoms with Crippen molar-refractivity contribution < 1.29 is 14.3 Å². The summed E-state index contributed by atoms with van der Waals surface area (Å²) in [5, 5.41) is 5.87. The highest BCUT2D eigenvalue weighted by Gasteiger charge is 2.09. The Hall–Kier alpha value is -3.28. The van der Waals surface area contributed by atoms with E-state index in [9.17, 15) is 9.59 Å². The van der Waals surface area contributed by atoms with Crippen LogP contribution in [0.4, 0.5) is 11.4 Å². The molecule has 0 spiro atoms. The van der Waals surface area contributed by atoms with Crippen molar-refractivity contribution >= 4 is 23.2 Å². The van der Waals surface area contributed by atoms with E-state index < -0.39 is 0 Å². The highest BCUT2D eigenvalue weighted by Crippen LogP contribution is 2.24. The predicted octanol–water partition coefficient (Wildman–Crippen LogP) is 3.39. The molecule has 2 aromatic carbocycles. The second-order valence-electron chi connectivity index (χ2n) is 6.42. The molecular weight excluding hydrogens is 342 g/mol. The van der Waals surface area contributed by atoms with Crippen LogP contribution >= 0.6 is 0 Å². The summed E-state index contributed by atoms with van der Waals surface area (Å²) in [4.78, 5) is 25.6. The van der Waals surface area contributed by atoms with Crippen LogP contribution in [0.15, 0.2) is 60.7 Å². The third-order valence-corrected chi connectivity index (χ3v) is 3.62. The monoisotopic (exact) mass is 367 g/mol. The summed E-state index contributed by atoms with van der Waals surface area (Å²) in [6.07, 6.45) is 0. The lowest BCUT2D eigenvalue weighted by atomic mass is 10.2. The van der Waals surface area contributed by atoms with Gasteiger partial charge in [-0.3, -0.25) is 9.59 Å². The fourth-order valence-corrected chi connectivity index (χ4v) is 2.27. The Bertz CT molecular complexity index is 814. The second kappa shape index (κ2) is 9.43. The number of para-hydroxylation sites is 2. The number of benzene rings is 2. The van der Waals surface area contributed by atoms with Gasteiger partial charge in [0.2, 0.25) is 5.91 Å². The van der Waals surface area contributed by atoms with Gasteiger partial charge in [-0.1, -0.05) is 18.7 Å². The van der Waals surface area contributed by atoms with Crippen LogP contribution in [-0.4, -0.2) is 44.0 Å². The SMILES string of the molecule is C=C(C)COc1ccccc1NCC(=O)Nc1ccc(C(=O)N(C)C)cc1. The van der Waals surface area contributed by atoms with Gasteiger partial charge >= 0.3 is 0 Å². The fourth-order valence-electron chi connectivity index (χ4n) is 2.27. The van der Waals surface area contributed by atoms with E-state index in [2.05, 4.69) is 17.2 Å². The summed E-state index contributed by atoms with van der Waals surface area (Å²) in [6, 6.07) is 14.2. The first kappa shape index (κ1) is 20.0. The van der Waals surface area contributed by atoms with Gasteiger partial charge in [0.05, 0.1) is 12.2 Å². The maximum Gasteiger partial charge on any atom is 0.253 e. The minimum absolute atomic E-state index is 0.0825. The molecule has 142 valence electrons. The molecule has 0 heterocycles. The molecular formula is C21H25N3O3. The van der Waals surface area contributed by atoms with E-state index in [-0.39, 0.29) is 18.4 Å². The summed E-state index contributed by atoms with van der Waals surface area (Å²) in [7, 11) is 3.39. The van der Waals surface area contributed by atoms with Gasteiger partial charge in [-0.05, 0) is 48.9 Å². The van der Waals surface area contributed by atoms with E-state index in [1.54, 1.807) is 38.4 Å². The lowest BCUT2D eigenvalue weighted by Crippen LogP contribution is -2.23. The van der Waals surface area contributed by atoms with Crippen molar-refractivity contribution in [3.63, 3.8) is 0 Å². The fraction of sp³-hybridized carbons (Fsp3) is 0.238. The van der Waals surface area contributed by atoms with Gasteiger partial charge in [-0.25, -0.2) is 0 Å². The number of carbonyl (C=O) groups is 2. The van der Waals surface area contributed by atoms with Gasteiger partial charge in [0.25, 0.3) is 5.91 Å². The van der Waals surface area contributed by atoms with Crippen molar-refractivity contribution in [2.75, 3.05) is 37.9 Å². The van der Waals surface area contributed by atoms with Crippen LogP contribution in [0, 0.1) is 0 Å². The first-order chi connectivity index (χ1) is 12.9. The molecule has 0 unspecified atom stereocenters. The Balaban J connectivity index is 1.91. The summed E-state index contributed by atoms with van der Waals surface area (Å²) in [5.74, 6) is 0.386. The Morgan fingerprint density at radius 2 is 1.74 bits per heavy atom.